The zero-order valence-electron chi connectivity index (χ0n) is 11.5. The molecule has 2 saturated carbocycles. The van der Waals surface area contributed by atoms with E-state index < -0.39 is 0 Å². The summed E-state index contributed by atoms with van der Waals surface area (Å²) in [6.45, 7) is 10.6. The molecule has 0 aliphatic heterocycles. The van der Waals surface area contributed by atoms with E-state index in [1.54, 1.807) is 0 Å². The number of allylic oxidation sites excluding steroid dienone is 2. The molecule has 1 nitrogen and oxygen atoms in total. The van der Waals surface area contributed by atoms with Gasteiger partial charge in [-0.15, -0.1) is 0 Å². The monoisotopic (exact) mass is 234 g/mol. The number of aliphatic hydroxyl groups excluding tert-OH is 1. The number of aliphatic hydroxyl groups is 1. The summed E-state index contributed by atoms with van der Waals surface area (Å²) in [6, 6.07) is 0. The van der Waals surface area contributed by atoms with Gasteiger partial charge in [0, 0.05) is 0 Å². The van der Waals surface area contributed by atoms with Crippen LogP contribution in [0.2, 0.25) is 0 Å². The molecule has 2 unspecified atom stereocenters. The second kappa shape index (κ2) is 4.61. The third-order valence-electron chi connectivity index (χ3n) is 5.35. The van der Waals surface area contributed by atoms with E-state index >= 15 is 0 Å². The molecule has 4 atom stereocenters. The average molecular weight is 234 g/mol. The Bertz CT molecular complexity index is 339. The van der Waals surface area contributed by atoms with Crippen molar-refractivity contribution in [3.8, 4) is 0 Å². The first-order chi connectivity index (χ1) is 7.95. The Labute approximate surface area is 106 Å². The largest absolute Gasteiger partial charge is 0.389 e. The van der Waals surface area contributed by atoms with Gasteiger partial charge < -0.3 is 5.11 Å². The Morgan fingerprint density at radius 1 is 1.59 bits per heavy atom. The Kier molecular flexibility index (Phi) is 3.49. The van der Waals surface area contributed by atoms with Gasteiger partial charge in [-0.05, 0) is 68.8 Å². The van der Waals surface area contributed by atoms with Crippen LogP contribution in [0.1, 0.15) is 52.9 Å². The summed E-state index contributed by atoms with van der Waals surface area (Å²) in [7, 11) is 0. The summed E-state index contributed by atoms with van der Waals surface area (Å²) in [5, 5.41) is 9.45. The summed E-state index contributed by atoms with van der Waals surface area (Å²) in [5.41, 5.74) is 2.98. The van der Waals surface area contributed by atoms with Crippen molar-refractivity contribution in [3.63, 3.8) is 0 Å². The van der Waals surface area contributed by atoms with Gasteiger partial charge >= 0.3 is 0 Å². The van der Waals surface area contributed by atoms with Gasteiger partial charge in [-0.1, -0.05) is 25.2 Å². The van der Waals surface area contributed by atoms with Crippen LogP contribution in [0.15, 0.2) is 23.8 Å². The number of hydrogen-bond donors (Lipinski definition) is 1. The Morgan fingerprint density at radius 2 is 2.29 bits per heavy atom. The lowest BCUT2D eigenvalue weighted by atomic mass is 9.69. The predicted octanol–water partition coefficient (Wildman–Crippen LogP) is 4.09. The van der Waals surface area contributed by atoms with Crippen LogP contribution in [0.4, 0.5) is 0 Å². The number of rotatable bonds is 4. The fourth-order valence-corrected chi connectivity index (χ4v) is 3.74. The first kappa shape index (κ1) is 12.9. The second-order valence-corrected chi connectivity index (χ2v) is 6.31. The van der Waals surface area contributed by atoms with Gasteiger partial charge in [-0.3, -0.25) is 0 Å². The first-order valence-electron chi connectivity index (χ1n) is 6.99. The molecule has 0 radical (unpaired) electrons. The molecule has 96 valence electrons. The molecule has 0 aromatic heterocycles. The molecule has 1 N–H and O–H groups in total. The molecule has 2 aliphatic rings. The third kappa shape index (κ3) is 2.22. The smallest absolute Gasteiger partial charge is 0.0719 e. The minimum Gasteiger partial charge on any atom is -0.389 e. The quantitative estimate of drug-likeness (QED) is 0.726. The van der Waals surface area contributed by atoms with Crippen molar-refractivity contribution in [1.29, 1.82) is 0 Å². The maximum Gasteiger partial charge on any atom is 0.0719 e. The van der Waals surface area contributed by atoms with Gasteiger partial charge in [0.15, 0.2) is 0 Å². The van der Waals surface area contributed by atoms with Gasteiger partial charge in [-0.2, -0.15) is 0 Å². The number of fused-ring (bicyclic) bond motifs is 2. The summed E-state index contributed by atoms with van der Waals surface area (Å²) >= 11 is 0. The van der Waals surface area contributed by atoms with E-state index in [1.165, 1.54) is 31.3 Å². The highest BCUT2D eigenvalue weighted by atomic mass is 16.3. The molecule has 0 saturated heterocycles. The van der Waals surface area contributed by atoms with Crippen LogP contribution in [-0.2, 0) is 0 Å². The molecule has 2 rings (SSSR count). The molecule has 1 heteroatoms. The second-order valence-electron chi connectivity index (χ2n) is 6.31. The predicted molar refractivity (Wildman–Crippen MR) is 72.7 cm³/mol. The molecule has 2 aliphatic carbocycles. The zero-order valence-corrected chi connectivity index (χ0v) is 11.5. The topological polar surface area (TPSA) is 20.2 Å². The molecule has 17 heavy (non-hydrogen) atoms. The maximum absolute atomic E-state index is 9.45. The van der Waals surface area contributed by atoms with Gasteiger partial charge in [0.1, 0.15) is 0 Å². The number of hydrogen-bond acceptors (Lipinski definition) is 1. The normalized spacial score (nSPS) is 38.8. The zero-order chi connectivity index (χ0) is 12.6. The van der Waals surface area contributed by atoms with E-state index in [9.17, 15) is 5.11 Å². The fourth-order valence-electron chi connectivity index (χ4n) is 3.74. The van der Waals surface area contributed by atoms with Crippen LogP contribution in [0.25, 0.3) is 0 Å². The van der Waals surface area contributed by atoms with Crippen LogP contribution >= 0.6 is 0 Å². The van der Waals surface area contributed by atoms with E-state index in [0.29, 0.717) is 5.41 Å². The summed E-state index contributed by atoms with van der Waals surface area (Å²) in [6.07, 6.45) is 8.35. The third-order valence-corrected chi connectivity index (χ3v) is 5.35. The molecule has 0 amide bonds. The van der Waals surface area contributed by atoms with Gasteiger partial charge in [0.2, 0.25) is 0 Å². The highest BCUT2D eigenvalue weighted by molar-refractivity contribution is 5.24. The van der Waals surface area contributed by atoms with Crippen LogP contribution < -0.4 is 0 Å². The van der Waals surface area contributed by atoms with Gasteiger partial charge in [0.05, 0.1) is 6.10 Å². The van der Waals surface area contributed by atoms with E-state index in [-0.39, 0.29) is 6.10 Å². The van der Waals surface area contributed by atoms with Crippen LogP contribution in [-0.4, -0.2) is 11.2 Å². The van der Waals surface area contributed by atoms with Crippen molar-refractivity contribution >= 4 is 0 Å². The Balaban J connectivity index is 1.95. The van der Waals surface area contributed by atoms with Crippen molar-refractivity contribution in [2.24, 2.45) is 17.3 Å². The van der Waals surface area contributed by atoms with Crippen molar-refractivity contribution in [2.45, 2.75) is 59.0 Å². The van der Waals surface area contributed by atoms with Crippen LogP contribution in [0.5, 0.6) is 0 Å². The summed E-state index contributed by atoms with van der Waals surface area (Å²) in [4.78, 5) is 0. The SMILES string of the molecule is C=C1[C@@H]2CC[C@@H](C2)C1(C)CC/C=C(/C)C(C)O. The Morgan fingerprint density at radius 3 is 2.82 bits per heavy atom. The van der Waals surface area contributed by atoms with E-state index in [1.807, 2.05) is 13.8 Å². The molecule has 2 fully saturated rings. The lowest BCUT2D eigenvalue weighted by molar-refractivity contribution is 0.227. The van der Waals surface area contributed by atoms with Crippen LogP contribution in [0.3, 0.4) is 0 Å². The van der Waals surface area contributed by atoms with E-state index in [0.717, 1.165) is 23.8 Å². The highest BCUT2D eigenvalue weighted by Gasteiger charge is 2.49. The lowest BCUT2D eigenvalue weighted by Crippen LogP contribution is -2.26. The van der Waals surface area contributed by atoms with Crippen molar-refractivity contribution in [1.82, 2.24) is 0 Å². The van der Waals surface area contributed by atoms with Crippen molar-refractivity contribution in [2.75, 3.05) is 0 Å². The summed E-state index contributed by atoms with van der Waals surface area (Å²) < 4.78 is 0. The van der Waals surface area contributed by atoms with Gasteiger partial charge in [-0.25, -0.2) is 0 Å². The van der Waals surface area contributed by atoms with Crippen LogP contribution in [0, 0.1) is 17.3 Å². The molecule has 0 spiro atoms. The molecule has 0 aromatic carbocycles. The molecule has 2 bridgehead atoms. The lowest BCUT2D eigenvalue weighted by Gasteiger charge is -2.36. The first-order valence-corrected chi connectivity index (χ1v) is 6.99. The maximum atomic E-state index is 9.45. The summed E-state index contributed by atoms with van der Waals surface area (Å²) in [5.74, 6) is 1.69. The minimum absolute atomic E-state index is 0.300. The average Bonchev–Trinajstić information content (AvgIpc) is 2.83. The van der Waals surface area contributed by atoms with E-state index in [2.05, 4.69) is 19.6 Å². The fraction of sp³-hybridized carbons (Fsp3) is 0.750. The Hall–Kier alpha value is -0.560. The van der Waals surface area contributed by atoms with Crippen molar-refractivity contribution < 1.29 is 5.11 Å². The minimum atomic E-state index is -0.300. The highest BCUT2D eigenvalue weighted by Crippen LogP contribution is 2.60. The molecule has 0 aromatic rings. The van der Waals surface area contributed by atoms with Crippen molar-refractivity contribution in [3.05, 3.63) is 23.8 Å². The molecular weight excluding hydrogens is 208 g/mol. The van der Waals surface area contributed by atoms with Gasteiger partial charge in [0.25, 0.3) is 0 Å². The molecule has 0 heterocycles. The van der Waals surface area contributed by atoms with E-state index in [4.69, 9.17) is 0 Å². The standard InChI is InChI=1S/C16H26O/c1-11(13(3)17)6-5-9-16(4)12(2)14-7-8-15(16)10-14/h6,13-15,17H,2,5,7-10H2,1,3-4H3/b11-6-/t13?,14-,15+,16?/m1/s1. The molecular formula is C16H26O.